The van der Waals surface area contributed by atoms with E-state index in [2.05, 4.69) is 6.92 Å². The van der Waals surface area contributed by atoms with Crippen molar-refractivity contribution in [3.8, 4) is 0 Å². The molecule has 0 aromatic carbocycles. The molecule has 1 unspecified atom stereocenters. The summed E-state index contributed by atoms with van der Waals surface area (Å²) in [6, 6.07) is 0.650. The van der Waals surface area contributed by atoms with Gasteiger partial charge in [-0.2, -0.15) is 0 Å². The number of nitrogens with zero attached hydrogens (tertiary/aromatic N) is 1. The zero-order valence-corrected chi connectivity index (χ0v) is 3.87. The molecule has 0 bridgehead atoms. The maximum atomic E-state index is 5.37. The summed E-state index contributed by atoms with van der Waals surface area (Å²) >= 11 is 5.37. The molecule has 0 aliphatic carbocycles. The monoisotopic (exact) mass is 91.0 g/mol. The van der Waals surface area contributed by atoms with Gasteiger partial charge >= 0.3 is 0 Å². The highest BCUT2D eigenvalue weighted by molar-refractivity contribution is 6.15. The first-order valence-corrected chi connectivity index (χ1v) is 2.07. The maximum absolute atomic E-state index is 5.37. The summed E-state index contributed by atoms with van der Waals surface area (Å²) < 4.78 is 1.76. The van der Waals surface area contributed by atoms with Gasteiger partial charge in [0.25, 0.3) is 0 Å². The van der Waals surface area contributed by atoms with Crippen LogP contribution in [0.5, 0.6) is 0 Å². The van der Waals surface area contributed by atoms with E-state index in [4.69, 9.17) is 11.8 Å². The Morgan fingerprint density at radius 3 is 2.20 bits per heavy atom. The van der Waals surface area contributed by atoms with Crippen LogP contribution in [0.2, 0.25) is 0 Å². The highest BCUT2D eigenvalue weighted by Gasteiger charge is 2.25. The molecule has 1 aliphatic rings. The van der Waals surface area contributed by atoms with Gasteiger partial charge in [-0.25, -0.2) is 4.42 Å². The van der Waals surface area contributed by atoms with Crippen molar-refractivity contribution in [2.75, 3.05) is 6.54 Å². The summed E-state index contributed by atoms with van der Waals surface area (Å²) in [6.45, 7) is 3.16. The summed E-state index contributed by atoms with van der Waals surface area (Å²) in [6.07, 6.45) is 0. The summed E-state index contributed by atoms with van der Waals surface area (Å²) in [4.78, 5) is 0. The lowest BCUT2D eigenvalue weighted by Crippen LogP contribution is -1.73. The van der Waals surface area contributed by atoms with E-state index in [-0.39, 0.29) is 0 Å². The molecule has 0 aromatic heterocycles. The third-order valence-electron chi connectivity index (χ3n) is 0.783. The fourth-order valence-corrected chi connectivity index (χ4v) is 0.405. The van der Waals surface area contributed by atoms with Crippen LogP contribution in [0.3, 0.4) is 0 Å². The van der Waals surface area contributed by atoms with Gasteiger partial charge in [0.05, 0.1) is 0 Å². The number of hydrogen-bond donors (Lipinski definition) is 0. The van der Waals surface area contributed by atoms with Gasteiger partial charge in [0.1, 0.15) is 0 Å². The highest BCUT2D eigenvalue weighted by Crippen LogP contribution is 2.17. The van der Waals surface area contributed by atoms with Gasteiger partial charge in [0, 0.05) is 12.6 Å². The minimum Gasteiger partial charge on any atom is -0.214 e. The molecule has 1 nitrogen and oxygen atoms in total. The largest absolute Gasteiger partial charge is 0.214 e. The van der Waals surface area contributed by atoms with E-state index in [0.717, 1.165) is 6.54 Å². The van der Waals surface area contributed by atoms with Crippen LogP contribution in [-0.4, -0.2) is 17.0 Å². The predicted molar refractivity (Wildman–Crippen MR) is 22.0 cm³/mol. The van der Waals surface area contributed by atoms with Crippen molar-refractivity contribution in [2.45, 2.75) is 13.0 Å². The zero-order chi connectivity index (χ0) is 3.86. The number of rotatable bonds is 0. The molecule has 1 heterocycles. The molecular formula is C3H6ClN. The Hall–Kier alpha value is 0.250. The third-order valence-corrected chi connectivity index (χ3v) is 1.25. The zero-order valence-electron chi connectivity index (χ0n) is 3.11. The molecule has 1 fully saturated rings. The Labute approximate surface area is 36.6 Å². The fourth-order valence-electron chi connectivity index (χ4n) is 0.205. The van der Waals surface area contributed by atoms with Crippen molar-refractivity contribution in [2.24, 2.45) is 0 Å². The average Bonchev–Trinajstić information content (AvgIpc) is 1.79. The van der Waals surface area contributed by atoms with Crippen LogP contribution in [0.15, 0.2) is 0 Å². The SMILES string of the molecule is C[C@H]1CN1Cl. The summed E-state index contributed by atoms with van der Waals surface area (Å²) in [5.74, 6) is 0. The van der Waals surface area contributed by atoms with E-state index >= 15 is 0 Å². The van der Waals surface area contributed by atoms with Crippen LogP contribution in [0, 0.1) is 0 Å². The second kappa shape index (κ2) is 0.854. The van der Waals surface area contributed by atoms with Gasteiger partial charge in [-0.05, 0) is 18.7 Å². The van der Waals surface area contributed by atoms with Crippen molar-refractivity contribution in [3.05, 3.63) is 0 Å². The van der Waals surface area contributed by atoms with Crippen LogP contribution in [0.1, 0.15) is 6.92 Å². The topological polar surface area (TPSA) is 3.01 Å². The molecule has 1 saturated heterocycles. The van der Waals surface area contributed by atoms with Gasteiger partial charge in [0.2, 0.25) is 0 Å². The van der Waals surface area contributed by atoms with E-state index in [1.807, 2.05) is 0 Å². The fraction of sp³-hybridized carbons (Fsp3) is 1.00. The molecule has 0 spiro atoms. The quantitative estimate of drug-likeness (QED) is 0.315. The van der Waals surface area contributed by atoms with E-state index in [0.29, 0.717) is 6.04 Å². The van der Waals surface area contributed by atoms with Crippen LogP contribution in [0.25, 0.3) is 0 Å². The van der Waals surface area contributed by atoms with Gasteiger partial charge in [-0.15, -0.1) is 0 Å². The van der Waals surface area contributed by atoms with E-state index < -0.39 is 0 Å². The number of halogens is 1. The highest BCUT2D eigenvalue weighted by atomic mass is 35.5. The second-order valence-corrected chi connectivity index (χ2v) is 1.87. The molecule has 0 radical (unpaired) electrons. The van der Waals surface area contributed by atoms with Crippen LogP contribution in [0.4, 0.5) is 0 Å². The van der Waals surface area contributed by atoms with E-state index in [1.54, 1.807) is 4.42 Å². The smallest absolute Gasteiger partial charge is 0.0364 e. The van der Waals surface area contributed by atoms with Gasteiger partial charge in [-0.1, -0.05) is 0 Å². The summed E-state index contributed by atoms with van der Waals surface area (Å²) in [7, 11) is 0. The summed E-state index contributed by atoms with van der Waals surface area (Å²) in [5.41, 5.74) is 0. The molecule has 1 rings (SSSR count). The van der Waals surface area contributed by atoms with Crippen LogP contribution < -0.4 is 0 Å². The molecule has 0 saturated carbocycles. The van der Waals surface area contributed by atoms with Crippen molar-refractivity contribution in [1.82, 2.24) is 4.42 Å². The van der Waals surface area contributed by atoms with Crippen LogP contribution >= 0.6 is 11.8 Å². The molecule has 0 N–H and O–H groups in total. The Morgan fingerprint density at radius 1 is 2.00 bits per heavy atom. The van der Waals surface area contributed by atoms with Crippen LogP contribution in [-0.2, 0) is 0 Å². The Morgan fingerprint density at radius 2 is 2.20 bits per heavy atom. The van der Waals surface area contributed by atoms with Gasteiger partial charge in [-0.3, -0.25) is 0 Å². The molecular weight excluding hydrogens is 85.5 g/mol. The molecule has 0 aromatic rings. The lowest BCUT2D eigenvalue weighted by atomic mass is 10.6. The first-order chi connectivity index (χ1) is 2.30. The minimum atomic E-state index is 0.650. The second-order valence-electron chi connectivity index (χ2n) is 1.43. The van der Waals surface area contributed by atoms with Crippen molar-refractivity contribution >= 4 is 11.8 Å². The Balaban J connectivity index is 2.20. The van der Waals surface area contributed by atoms with Crippen molar-refractivity contribution in [1.29, 1.82) is 0 Å². The van der Waals surface area contributed by atoms with E-state index in [9.17, 15) is 0 Å². The lowest BCUT2D eigenvalue weighted by molar-refractivity contribution is 0.828. The Kier molecular flexibility index (Phi) is 0.588. The molecule has 2 atom stereocenters. The normalized spacial score (nSPS) is 49.2. The standard InChI is InChI=1S/C3H6ClN/c1-3-2-5(3)4/h3H,2H2,1H3/t3-,5?/m0/s1. The average molecular weight is 91.5 g/mol. The van der Waals surface area contributed by atoms with Crippen molar-refractivity contribution in [3.63, 3.8) is 0 Å². The van der Waals surface area contributed by atoms with Gasteiger partial charge in [0.15, 0.2) is 0 Å². The molecule has 2 heteroatoms. The first-order valence-electron chi connectivity index (χ1n) is 1.73. The van der Waals surface area contributed by atoms with Gasteiger partial charge < -0.3 is 0 Å². The molecule has 30 valence electrons. The van der Waals surface area contributed by atoms with Crippen molar-refractivity contribution < 1.29 is 0 Å². The predicted octanol–water partition coefficient (Wildman–Crippen LogP) is 0.844. The summed E-state index contributed by atoms with van der Waals surface area (Å²) in [5, 5.41) is 0. The lowest BCUT2D eigenvalue weighted by Gasteiger charge is -1.70. The molecule has 5 heavy (non-hydrogen) atoms. The van der Waals surface area contributed by atoms with E-state index in [1.165, 1.54) is 0 Å². The molecule has 0 amide bonds. The number of hydrogen-bond acceptors (Lipinski definition) is 1. The maximum Gasteiger partial charge on any atom is 0.0364 e. The first kappa shape index (κ1) is 3.44. The third kappa shape index (κ3) is 0.551. The Bertz CT molecular complexity index is 40.2. The minimum absolute atomic E-state index is 0.650. The molecule has 1 aliphatic heterocycles.